The minimum atomic E-state index is -0.117. The maximum absolute atomic E-state index is 13.5. The van der Waals surface area contributed by atoms with Gasteiger partial charge in [0.05, 0.1) is 18.2 Å². The number of rotatable bonds is 6. The van der Waals surface area contributed by atoms with Crippen molar-refractivity contribution in [2.75, 3.05) is 0 Å². The Balaban J connectivity index is 1.45. The number of amides is 1. The zero-order valence-electron chi connectivity index (χ0n) is 18.4. The normalized spacial score (nSPS) is 15.1. The van der Waals surface area contributed by atoms with E-state index in [0.717, 1.165) is 36.0 Å². The lowest BCUT2D eigenvalue weighted by Gasteiger charge is -2.27. The molecule has 1 amide bonds. The number of carbonyl (C=O) groups is 1. The number of nitrogens with two attached hydrogens (primary N) is 1. The van der Waals surface area contributed by atoms with Crippen molar-refractivity contribution in [2.45, 2.75) is 38.4 Å². The highest BCUT2D eigenvalue weighted by atomic mass is 16.1. The van der Waals surface area contributed by atoms with Gasteiger partial charge in [-0.05, 0) is 53.6 Å². The summed E-state index contributed by atoms with van der Waals surface area (Å²) in [5.74, 6) is -0.117. The molecule has 5 rings (SSSR count). The molecule has 0 fully saturated rings. The molecule has 2 heterocycles. The van der Waals surface area contributed by atoms with Crippen LogP contribution in [0.25, 0.3) is 11.3 Å². The second-order valence-electron chi connectivity index (χ2n) is 8.47. The number of hydrogen-bond donors (Lipinski definition) is 2. The average Bonchev–Trinajstić information content (AvgIpc) is 3.29. The Kier molecular flexibility index (Phi) is 6.00. The molecule has 1 aliphatic rings. The lowest BCUT2D eigenvalue weighted by molar-refractivity contribution is 0.0933. The molecule has 1 aliphatic carbocycles. The van der Waals surface area contributed by atoms with Gasteiger partial charge in [-0.1, -0.05) is 48.5 Å². The Morgan fingerprint density at radius 1 is 1.09 bits per heavy atom. The highest BCUT2D eigenvalue weighted by Crippen LogP contribution is 2.31. The Morgan fingerprint density at radius 3 is 2.76 bits per heavy atom. The SMILES string of the molecule is NCc1ccc2c(c1)CCCC2NC(=O)c1cn(Cc2ccccc2)nc1-c1cccnc1. The zero-order valence-corrected chi connectivity index (χ0v) is 18.4. The number of aromatic nitrogens is 3. The first-order valence-electron chi connectivity index (χ1n) is 11.4. The Labute approximate surface area is 193 Å². The lowest BCUT2D eigenvalue weighted by atomic mass is 9.86. The summed E-state index contributed by atoms with van der Waals surface area (Å²) >= 11 is 0. The first-order chi connectivity index (χ1) is 16.2. The highest BCUT2D eigenvalue weighted by molar-refractivity contribution is 6.00. The number of pyridine rings is 1. The zero-order chi connectivity index (χ0) is 22.6. The van der Waals surface area contributed by atoms with Crippen LogP contribution in [0.2, 0.25) is 0 Å². The topological polar surface area (TPSA) is 85.8 Å². The molecule has 3 N–H and O–H groups in total. The standard InChI is InChI=1S/C27H27N5O/c28-15-20-11-12-23-21(14-20)8-4-10-25(23)30-27(33)24-18-32(17-19-6-2-1-3-7-19)31-26(24)22-9-5-13-29-16-22/h1-3,5-7,9,11-14,16,18,25H,4,8,10,15,17,28H2,(H,30,33). The van der Waals surface area contributed by atoms with Crippen LogP contribution in [-0.4, -0.2) is 20.7 Å². The van der Waals surface area contributed by atoms with E-state index in [0.29, 0.717) is 24.3 Å². The van der Waals surface area contributed by atoms with Crippen LogP contribution in [0.15, 0.2) is 79.3 Å². The molecule has 6 nitrogen and oxygen atoms in total. The molecule has 2 aromatic carbocycles. The van der Waals surface area contributed by atoms with Crippen LogP contribution in [0.1, 0.15) is 51.5 Å². The maximum atomic E-state index is 13.5. The molecule has 0 bridgehead atoms. The molecule has 4 aromatic rings. The van der Waals surface area contributed by atoms with Gasteiger partial charge in [0.25, 0.3) is 5.91 Å². The van der Waals surface area contributed by atoms with Crippen molar-refractivity contribution in [2.24, 2.45) is 5.73 Å². The van der Waals surface area contributed by atoms with Crippen LogP contribution in [0.4, 0.5) is 0 Å². The van der Waals surface area contributed by atoms with Gasteiger partial charge >= 0.3 is 0 Å². The van der Waals surface area contributed by atoms with Gasteiger partial charge in [-0.2, -0.15) is 5.10 Å². The van der Waals surface area contributed by atoms with Crippen molar-refractivity contribution < 1.29 is 4.79 Å². The van der Waals surface area contributed by atoms with E-state index >= 15 is 0 Å². The molecule has 1 unspecified atom stereocenters. The molecule has 33 heavy (non-hydrogen) atoms. The van der Waals surface area contributed by atoms with Gasteiger partial charge in [0.15, 0.2) is 0 Å². The predicted octanol–water partition coefficient (Wildman–Crippen LogP) is 4.26. The molecule has 0 radical (unpaired) electrons. The molecule has 1 atom stereocenters. The summed E-state index contributed by atoms with van der Waals surface area (Å²) in [6.45, 7) is 1.12. The predicted molar refractivity (Wildman–Crippen MR) is 128 cm³/mol. The van der Waals surface area contributed by atoms with Gasteiger partial charge in [0.1, 0.15) is 5.69 Å². The summed E-state index contributed by atoms with van der Waals surface area (Å²) in [5, 5.41) is 8.03. The minimum absolute atomic E-state index is 0.0210. The van der Waals surface area contributed by atoms with Gasteiger partial charge < -0.3 is 11.1 Å². The fourth-order valence-electron chi connectivity index (χ4n) is 4.54. The van der Waals surface area contributed by atoms with Crippen LogP contribution >= 0.6 is 0 Å². The molecular weight excluding hydrogens is 410 g/mol. The van der Waals surface area contributed by atoms with E-state index < -0.39 is 0 Å². The van der Waals surface area contributed by atoms with Crippen LogP contribution in [0.3, 0.4) is 0 Å². The van der Waals surface area contributed by atoms with Gasteiger partial charge in [-0.25, -0.2) is 0 Å². The molecule has 166 valence electrons. The van der Waals surface area contributed by atoms with Crippen molar-refractivity contribution in [3.63, 3.8) is 0 Å². The molecule has 6 heteroatoms. The molecule has 0 aliphatic heterocycles. The fraction of sp³-hybridized carbons (Fsp3) is 0.222. The summed E-state index contributed by atoms with van der Waals surface area (Å²) in [6, 6.07) is 20.2. The van der Waals surface area contributed by atoms with Gasteiger partial charge in [0, 0.05) is 30.7 Å². The summed E-state index contributed by atoms with van der Waals surface area (Å²) in [5.41, 5.74) is 12.6. The van der Waals surface area contributed by atoms with E-state index in [1.807, 2.05) is 41.2 Å². The van der Waals surface area contributed by atoms with E-state index in [1.165, 1.54) is 11.1 Å². The minimum Gasteiger partial charge on any atom is -0.345 e. The monoisotopic (exact) mass is 437 g/mol. The van der Waals surface area contributed by atoms with Crippen LogP contribution in [0.5, 0.6) is 0 Å². The first kappa shape index (κ1) is 21.1. The Morgan fingerprint density at radius 2 is 1.97 bits per heavy atom. The number of carbonyl (C=O) groups excluding carboxylic acids is 1. The summed E-state index contributed by atoms with van der Waals surface area (Å²) in [7, 11) is 0. The van der Waals surface area contributed by atoms with E-state index in [2.05, 4.69) is 40.6 Å². The summed E-state index contributed by atoms with van der Waals surface area (Å²) < 4.78 is 1.83. The number of nitrogens with one attached hydrogen (secondary N) is 1. The van der Waals surface area contributed by atoms with Crippen molar-refractivity contribution in [3.05, 3.63) is 107 Å². The molecule has 0 saturated carbocycles. The third-order valence-electron chi connectivity index (χ3n) is 6.19. The third kappa shape index (κ3) is 4.56. The second kappa shape index (κ2) is 9.38. The first-order valence-corrected chi connectivity index (χ1v) is 11.4. The van der Waals surface area contributed by atoms with E-state index in [-0.39, 0.29) is 11.9 Å². The Bertz CT molecular complexity index is 1250. The van der Waals surface area contributed by atoms with Crippen LogP contribution < -0.4 is 11.1 Å². The van der Waals surface area contributed by atoms with Crippen LogP contribution in [0, 0.1) is 0 Å². The smallest absolute Gasteiger partial charge is 0.255 e. The largest absolute Gasteiger partial charge is 0.345 e. The highest BCUT2D eigenvalue weighted by Gasteiger charge is 2.25. The quantitative estimate of drug-likeness (QED) is 0.472. The van der Waals surface area contributed by atoms with E-state index in [9.17, 15) is 4.79 Å². The van der Waals surface area contributed by atoms with Crippen molar-refractivity contribution >= 4 is 5.91 Å². The van der Waals surface area contributed by atoms with Gasteiger partial charge in [0.2, 0.25) is 0 Å². The number of benzene rings is 2. The van der Waals surface area contributed by atoms with Crippen molar-refractivity contribution in [3.8, 4) is 11.3 Å². The number of hydrogen-bond acceptors (Lipinski definition) is 4. The number of fused-ring (bicyclic) bond motifs is 1. The lowest BCUT2D eigenvalue weighted by Crippen LogP contribution is -2.31. The van der Waals surface area contributed by atoms with Crippen molar-refractivity contribution in [1.82, 2.24) is 20.1 Å². The van der Waals surface area contributed by atoms with Crippen molar-refractivity contribution in [1.29, 1.82) is 0 Å². The number of nitrogens with zero attached hydrogens (tertiary/aromatic N) is 3. The summed E-state index contributed by atoms with van der Waals surface area (Å²) in [6.07, 6.45) is 8.28. The molecule has 2 aromatic heterocycles. The number of aryl methyl sites for hydroxylation is 1. The van der Waals surface area contributed by atoms with Crippen LogP contribution in [-0.2, 0) is 19.5 Å². The Hall–Kier alpha value is -3.77. The summed E-state index contributed by atoms with van der Waals surface area (Å²) in [4.78, 5) is 17.7. The van der Waals surface area contributed by atoms with E-state index in [4.69, 9.17) is 10.8 Å². The molecule has 0 saturated heterocycles. The van der Waals surface area contributed by atoms with E-state index in [1.54, 1.807) is 12.4 Å². The molecular formula is C27H27N5O. The van der Waals surface area contributed by atoms with Gasteiger partial charge in [-0.15, -0.1) is 0 Å². The second-order valence-corrected chi connectivity index (χ2v) is 8.47. The maximum Gasteiger partial charge on any atom is 0.255 e. The fourth-order valence-corrected chi connectivity index (χ4v) is 4.54. The average molecular weight is 438 g/mol. The molecule has 0 spiro atoms. The van der Waals surface area contributed by atoms with Gasteiger partial charge in [-0.3, -0.25) is 14.5 Å². The third-order valence-corrected chi connectivity index (χ3v) is 6.19.